The van der Waals surface area contributed by atoms with Crippen LogP contribution in [0.15, 0.2) is 70.7 Å². The smallest absolute Gasteiger partial charge is 0.221 e. The Hall–Kier alpha value is -2.33. The second kappa shape index (κ2) is 7.79. The summed E-state index contributed by atoms with van der Waals surface area (Å²) in [6.45, 7) is 0.590. The minimum atomic E-state index is 0.0516. The zero-order valence-electron chi connectivity index (χ0n) is 12.8. The van der Waals surface area contributed by atoms with Gasteiger partial charge in [0.2, 0.25) is 5.91 Å². The fourth-order valence-corrected chi connectivity index (χ4v) is 3.23. The largest absolute Gasteiger partial charge is 0.469 e. The van der Waals surface area contributed by atoms with Crippen LogP contribution in [0.2, 0.25) is 0 Å². The molecule has 1 N–H and O–H groups in total. The monoisotopic (exact) mass is 325 g/mol. The van der Waals surface area contributed by atoms with Crippen LogP contribution >= 0.6 is 11.3 Å². The van der Waals surface area contributed by atoms with Crippen LogP contribution in [0.4, 0.5) is 0 Å². The minimum Gasteiger partial charge on any atom is -0.469 e. The molecule has 118 valence electrons. The summed E-state index contributed by atoms with van der Waals surface area (Å²) in [6, 6.07) is 18.0. The highest BCUT2D eigenvalue weighted by atomic mass is 32.1. The van der Waals surface area contributed by atoms with Crippen molar-refractivity contribution in [3.8, 4) is 0 Å². The highest BCUT2D eigenvalue weighted by molar-refractivity contribution is 7.09. The Labute approximate surface area is 140 Å². The van der Waals surface area contributed by atoms with Crippen molar-refractivity contribution in [1.82, 2.24) is 5.32 Å². The Morgan fingerprint density at radius 3 is 2.65 bits per heavy atom. The van der Waals surface area contributed by atoms with Gasteiger partial charge in [0.05, 0.1) is 12.8 Å². The van der Waals surface area contributed by atoms with E-state index in [9.17, 15) is 4.79 Å². The van der Waals surface area contributed by atoms with Crippen LogP contribution in [0.3, 0.4) is 0 Å². The maximum atomic E-state index is 12.3. The molecule has 0 aliphatic heterocycles. The number of carbonyl (C=O) groups excluding carboxylic acids is 1. The van der Waals surface area contributed by atoms with E-state index < -0.39 is 0 Å². The van der Waals surface area contributed by atoms with Gasteiger partial charge in [0, 0.05) is 17.2 Å². The minimum absolute atomic E-state index is 0.0516. The van der Waals surface area contributed by atoms with Crippen molar-refractivity contribution < 1.29 is 9.21 Å². The van der Waals surface area contributed by atoms with Crippen molar-refractivity contribution in [2.45, 2.75) is 25.3 Å². The third-order valence-electron chi connectivity index (χ3n) is 3.74. The van der Waals surface area contributed by atoms with Gasteiger partial charge >= 0.3 is 0 Å². The lowest BCUT2D eigenvalue weighted by atomic mass is 9.93. The molecule has 1 atom stereocenters. The summed E-state index contributed by atoms with van der Waals surface area (Å²) in [4.78, 5) is 13.4. The molecule has 2 aromatic heterocycles. The second-order valence-corrected chi connectivity index (χ2v) is 6.49. The first-order valence-electron chi connectivity index (χ1n) is 7.67. The van der Waals surface area contributed by atoms with Crippen molar-refractivity contribution in [1.29, 1.82) is 0 Å². The van der Waals surface area contributed by atoms with Gasteiger partial charge in [-0.3, -0.25) is 4.79 Å². The molecule has 0 bridgehead atoms. The Kier molecular flexibility index (Phi) is 5.27. The molecule has 4 heteroatoms. The van der Waals surface area contributed by atoms with Gasteiger partial charge in [0.1, 0.15) is 5.76 Å². The predicted octanol–water partition coefficient (Wildman–Crippen LogP) is 4.37. The van der Waals surface area contributed by atoms with Gasteiger partial charge in [-0.2, -0.15) is 0 Å². The molecule has 0 spiro atoms. The summed E-state index contributed by atoms with van der Waals surface area (Å²) < 4.78 is 5.54. The molecule has 0 aliphatic rings. The van der Waals surface area contributed by atoms with E-state index in [1.165, 1.54) is 5.56 Å². The van der Waals surface area contributed by atoms with Gasteiger partial charge in [0.25, 0.3) is 0 Å². The zero-order chi connectivity index (χ0) is 15.9. The number of hydrogen-bond donors (Lipinski definition) is 1. The van der Waals surface area contributed by atoms with Crippen molar-refractivity contribution in [2.75, 3.05) is 0 Å². The van der Waals surface area contributed by atoms with E-state index in [2.05, 4.69) is 17.4 Å². The number of amides is 1. The van der Waals surface area contributed by atoms with Gasteiger partial charge in [-0.05, 0) is 35.6 Å². The first-order valence-corrected chi connectivity index (χ1v) is 8.55. The van der Waals surface area contributed by atoms with E-state index in [0.717, 1.165) is 17.1 Å². The van der Waals surface area contributed by atoms with Crippen molar-refractivity contribution >= 4 is 17.2 Å². The van der Waals surface area contributed by atoms with Gasteiger partial charge < -0.3 is 9.73 Å². The zero-order valence-corrected chi connectivity index (χ0v) is 13.6. The normalized spacial score (nSPS) is 12.0. The molecule has 1 unspecified atom stereocenters. The van der Waals surface area contributed by atoms with Crippen molar-refractivity contribution in [3.05, 3.63) is 82.4 Å². The SMILES string of the molecule is O=C(CC(Cc1ccccc1)c1ccco1)NCc1cccs1. The summed E-state index contributed by atoms with van der Waals surface area (Å²) in [6.07, 6.45) is 2.88. The Morgan fingerprint density at radius 1 is 1.09 bits per heavy atom. The summed E-state index contributed by atoms with van der Waals surface area (Å²) >= 11 is 1.65. The molecule has 23 heavy (non-hydrogen) atoms. The number of thiophene rings is 1. The maximum absolute atomic E-state index is 12.3. The van der Waals surface area contributed by atoms with Crippen LogP contribution in [-0.2, 0) is 17.8 Å². The predicted molar refractivity (Wildman–Crippen MR) is 92.4 cm³/mol. The molecule has 0 fully saturated rings. The quantitative estimate of drug-likeness (QED) is 0.701. The van der Waals surface area contributed by atoms with Gasteiger partial charge in [-0.1, -0.05) is 36.4 Å². The summed E-state index contributed by atoms with van der Waals surface area (Å²) in [5.41, 5.74) is 1.21. The number of carbonyl (C=O) groups is 1. The van der Waals surface area contributed by atoms with E-state index >= 15 is 0 Å². The Morgan fingerprint density at radius 2 is 1.96 bits per heavy atom. The van der Waals surface area contributed by atoms with Crippen molar-refractivity contribution in [2.24, 2.45) is 0 Å². The molecule has 0 saturated heterocycles. The number of rotatable bonds is 7. The van der Waals surface area contributed by atoms with E-state index in [1.807, 2.05) is 47.8 Å². The third-order valence-corrected chi connectivity index (χ3v) is 4.62. The molecular formula is C19H19NO2S. The molecule has 0 aliphatic carbocycles. The lowest BCUT2D eigenvalue weighted by Gasteiger charge is -2.14. The average molecular weight is 325 g/mol. The first-order chi connectivity index (χ1) is 11.3. The van der Waals surface area contributed by atoms with E-state index in [-0.39, 0.29) is 11.8 Å². The maximum Gasteiger partial charge on any atom is 0.221 e. The molecule has 0 radical (unpaired) electrons. The van der Waals surface area contributed by atoms with Crippen LogP contribution in [0, 0.1) is 0 Å². The van der Waals surface area contributed by atoms with E-state index in [1.54, 1.807) is 17.6 Å². The molecular weight excluding hydrogens is 306 g/mol. The fourth-order valence-electron chi connectivity index (χ4n) is 2.59. The van der Waals surface area contributed by atoms with Gasteiger partial charge in [0.15, 0.2) is 0 Å². The van der Waals surface area contributed by atoms with E-state index in [4.69, 9.17) is 4.42 Å². The average Bonchev–Trinajstić information content (AvgIpc) is 3.27. The molecule has 1 aromatic carbocycles. The molecule has 0 saturated carbocycles. The van der Waals surface area contributed by atoms with Crippen LogP contribution in [-0.4, -0.2) is 5.91 Å². The number of benzene rings is 1. The second-order valence-electron chi connectivity index (χ2n) is 5.46. The Balaban J connectivity index is 1.62. The highest BCUT2D eigenvalue weighted by Crippen LogP contribution is 2.25. The van der Waals surface area contributed by atoms with Gasteiger partial charge in [-0.25, -0.2) is 0 Å². The molecule has 3 aromatic rings. The van der Waals surface area contributed by atoms with Crippen LogP contribution in [0.25, 0.3) is 0 Å². The fraction of sp³-hybridized carbons (Fsp3) is 0.211. The van der Waals surface area contributed by atoms with Crippen LogP contribution in [0.5, 0.6) is 0 Å². The number of furan rings is 1. The summed E-state index contributed by atoms with van der Waals surface area (Å²) in [5, 5.41) is 5.01. The van der Waals surface area contributed by atoms with Crippen LogP contribution in [0.1, 0.15) is 28.5 Å². The van der Waals surface area contributed by atoms with E-state index in [0.29, 0.717) is 13.0 Å². The first kappa shape index (κ1) is 15.6. The Bertz CT molecular complexity index is 705. The topological polar surface area (TPSA) is 42.2 Å². The van der Waals surface area contributed by atoms with Gasteiger partial charge in [-0.15, -0.1) is 11.3 Å². The summed E-state index contributed by atoms with van der Waals surface area (Å²) in [5.74, 6) is 0.964. The standard InChI is InChI=1S/C19H19NO2S/c21-19(20-14-17-8-5-11-23-17)13-16(18-9-4-10-22-18)12-15-6-2-1-3-7-15/h1-11,16H,12-14H2,(H,20,21). The molecule has 3 nitrogen and oxygen atoms in total. The lowest BCUT2D eigenvalue weighted by Crippen LogP contribution is -2.24. The number of nitrogens with one attached hydrogen (secondary N) is 1. The number of hydrogen-bond acceptors (Lipinski definition) is 3. The highest BCUT2D eigenvalue weighted by Gasteiger charge is 2.19. The molecule has 2 heterocycles. The van der Waals surface area contributed by atoms with Crippen molar-refractivity contribution in [3.63, 3.8) is 0 Å². The summed E-state index contributed by atoms with van der Waals surface area (Å²) in [7, 11) is 0. The van der Waals surface area contributed by atoms with Crippen LogP contribution < -0.4 is 5.32 Å². The third kappa shape index (κ3) is 4.57. The molecule has 3 rings (SSSR count). The molecule has 1 amide bonds. The lowest BCUT2D eigenvalue weighted by molar-refractivity contribution is -0.121.